The molecule has 3 nitrogen and oxygen atoms in total. The van der Waals surface area contributed by atoms with E-state index in [1.807, 2.05) is 12.1 Å². The highest BCUT2D eigenvalue weighted by atomic mass is 79.9. The molecule has 0 saturated carbocycles. The van der Waals surface area contributed by atoms with Crippen molar-refractivity contribution >= 4 is 21.9 Å². The van der Waals surface area contributed by atoms with E-state index in [4.69, 9.17) is 9.84 Å². The maximum atomic E-state index is 11.2. The van der Waals surface area contributed by atoms with Crippen molar-refractivity contribution < 1.29 is 14.6 Å². The van der Waals surface area contributed by atoms with Crippen LogP contribution in [0.3, 0.4) is 0 Å². The molecule has 1 aliphatic heterocycles. The van der Waals surface area contributed by atoms with Crippen molar-refractivity contribution in [2.75, 3.05) is 6.61 Å². The first-order valence-electron chi connectivity index (χ1n) is 5.57. The number of carboxylic acid groups (broad SMARTS) is 1. The number of benzene rings is 1. The topological polar surface area (TPSA) is 46.5 Å². The van der Waals surface area contributed by atoms with Gasteiger partial charge in [-0.3, -0.25) is 4.79 Å². The van der Waals surface area contributed by atoms with Crippen molar-refractivity contribution in [1.29, 1.82) is 0 Å². The molecule has 1 aliphatic rings. The summed E-state index contributed by atoms with van der Waals surface area (Å²) < 4.78 is 6.58. The molecule has 17 heavy (non-hydrogen) atoms. The molecule has 1 heterocycles. The molecule has 0 aliphatic carbocycles. The number of carboxylic acids is 1. The minimum Gasteiger partial charge on any atom is -0.493 e. The molecule has 0 bridgehead atoms. The summed E-state index contributed by atoms with van der Waals surface area (Å²) in [5.74, 6) is 0.0896. The minimum absolute atomic E-state index is 0.476. The Hall–Kier alpha value is -1.03. The van der Waals surface area contributed by atoms with Crippen molar-refractivity contribution in [2.24, 2.45) is 5.41 Å². The quantitative estimate of drug-likeness (QED) is 0.933. The fourth-order valence-corrected chi connectivity index (χ4v) is 2.58. The zero-order chi connectivity index (χ0) is 12.6. The van der Waals surface area contributed by atoms with Crippen molar-refractivity contribution in [3.8, 4) is 5.75 Å². The van der Waals surface area contributed by atoms with E-state index in [1.54, 1.807) is 13.8 Å². The van der Waals surface area contributed by atoms with E-state index in [2.05, 4.69) is 15.9 Å². The van der Waals surface area contributed by atoms with Gasteiger partial charge in [-0.15, -0.1) is 0 Å². The van der Waals surface area contributed by atoms with E-state index < -0.39 is 11.4 Å². The second-order valence-electron chi connectivity index (χ2n) is 5.02. The van der Waals surface area contributed by atoms with Gasteiger partial charge in [0.1, 0.15) is 5.75 Å². The Morgan fingerprint density at radius 2 is 2.24 bits per heavy atom. The van der Waals surface area contributed by atoms with Gasteiger partial charge in [0.05, 0.1) is 12.0 Å². The molecule has 0 spiro atoms. The largest absolute Gasteiger partial charge is 0.493 e. The second kappa shape index (κ2) is 4.33. The molecule has 1 aromatic rings. The van der Waals surface area contributed by atoms with Crippen LogP contribution in [-0.2, 0) is 17.6 Å². The number of hydrogen-bond donors (Lipinski definition) is 1. The summed E-state index contributed by atoms with van der Waals surface area (Å²) >= 11 is 3.46. The Labute approximate surface area is 109 Å². The van der Waals surface area contributed by atoms with Gasteiger partial charge in [-0.1, -0.05) is 15.9 Å². The maximum Gasteiger partial charge on any atom is 0.309 e. The molecule has 0 amide bonds. The van der Waals surface area contributed by atoms with Gasteiger partial charge < -0.3 is 9.84 Å². The summed E-state index contributed by atoms with van der Waals surface area (Å²) in [6.45, 7) is 4.15. The number of hydrogen-bond acceptors (Lipinski definition) is 2. The molecule has 4 heteroatoms. The minimum atomic E-state index is -0.788. The van der Waals surface area contributed by atoms with Crippen LogP contribution in [0, 0.1) is 5.41 Å². The van der Waals surface area contributed by atoms with Crippen molar-refractivity contribution in [3.05, 3.63) is 27.7 Å². The van der Waals surface area contributed by atoms with Crippen molar-refractivity contribution in [2.45, 2.75) is 26.7 Å². The lowest BCUT2D eigenvalue weighted by molar-refractivity contribution is -0.146. The number of aliphatic carboxylic acids is 1. The molecule has 1 N–H and O–H groups in total. The Morgan fingerprint density at radius 1 is 1.53 bits per heavy atom. The van der Waals surface area contributed by atoms with Gasteiger partial charge in [0.2, 0.25) is 0 Å². The molecule has 0 saturated heterocycles. The monoisotopic (exact) mass is 298 g/mol. The Kier molecular flexibility index (Phi) is 3.17. The van der Waals surface area contributed by atoms with E-state index in [-0.39, 0.29) is 0 Å². The highest BCUT2D eigenvalue weighted by molar-refractivity contribution is 9.10. The van der Waals surface area contributed by atoms with Crippen LogP contribution < -0.4 is 4.74 Å². The third kappa shape index (κ3) is 2.46. The number of ether oxygens (including phenoxy) is 1. The molecule has 0 fully saturated rings. The van der Waals surface area contributed by atoms with Crippen LogP contribution in [0.5, 0.6) is 5.75 Å². The average Bonchev–Trinajstić information content (AvgIpc) is 2.64. The first kappa shape index (κ1) is 12.4. The number of rotatable bonds is 3. The van der Waals surface area contributed by atoms with Crippen LogP contribution in [0.25, 0.3) is 0 Å². The fraction of sp³-hybridized carbons (Fsp3) is 0.462. The predicted molar refractivity (Wildman–Crippen MR) is 68.5 cm³/mol. The summed E-state index contributed by atoms with van der Waals surface area (Å²) in [5.41, 5.74) is 1.36. The van der Waals surface area contributed by atoms with Gasteiger partial charge in [0, 0.05) is 10.9 Å². The van der Waals surface area contributed by atoms with Crippen molar-refractivity contribution in [3.63, 3.8) is 0 Å². The van der Waals surface area contributed by atoms with E-state index in [0.29, 0.717) is 13.0 Å². The van der Waals surface area contributed by atoms with Crippen LogP contribution >= 0.6 is 15.9 Å². The van der Waals surface area contributed by atoms with Crippen molar-refractivity contribution in [1.82, 2.24) is 0 Å². The molecular weight excluding hydrogens is 284 g/mol. The third-order valence-electron chi connectivity index (χ3n) is 3.04. The van der Waals surface area contributed by atoms with Gasteiger partial charge in [-0.05, 0) is 43.5 Å². The normalized spacial score (nSPS) is 14.3. The van der Waals surface area contributed by atoms with E-state index in [1.165, 1.54) is 0 Å². The van der Waals surface area contributed by atoms with Crippen LogP contribution in [-0.4, -0.2) is 17.7 Å². The SMILES string of the molecule is CC(C)(Cc1cc(Br)cc2c1OCC2)C(=O)O. The standard InChI is InChI=1S/C13H15BrO3/c1-13(2,12(15)16)7-9-6-10(14)5-8-3-4-17-11(8)9/h5-6H,3-4,7H2,1-2H3,(H,15,16). The summed E-state index contributed by atoms with van der Waals surface area (Å²) in [6, 6.07) is 3.99. The van der Waals surface area contributed by atoms with Gasteiger partial charge in [-0.2, -0.15) is 0 Å². The number of carbonyl (C=O) groups is 1. The second-order valence-corrected chi connectivity index (χ2v) is 5.93. The Bertz CT molecular complexity index is 466. The lowest BCUT2D eigenvalue weighted by Crippen LogP contribution is -2.26. The molecule has 0 atom stereocenters. The van der Waals surface area contributed by atoms with Gasteiger partial charge in [0.25, 0.3) is 0 Å². The number of halogens is 1. The molecular formula is C13H15BrO3. The summed E-state index contributed by atoms with van der Waals surface area (Å²) in [7, 11) is 0. The molecule has 0 unspecified atom stereocenters. The number of fused-ring (bicyclic) bond motifs is 1. The first-order chi connectivity index (χ1) is 7.90. The molecule has 2 rings (SSSR count). The predicted octanol–water partition coefficient (Wildman–Crippen LogP) is 3.04. The average molecular weight is 299 g/mol. The fourth-order valence-electron chi connectivity index (χ4n) is 2.03. The molecule has 0 radical (unpaired) electrons. The first-order valence-corrected chi connectivity index (χ1v) is 6.37. The summed E-state index contributed by atoms with van der Waals surface area (Å²) in [6.07, 6.45) is 1.37. The zero-order valence-corrected chi connectivity index (χ0v) is 11.5. The summed E-state index contributed by atoms with van der Waals surface area (Å²) in [5, 5.41) is 9.17. The van der Waals surface area contributed by atoms with Crippen LogP contribution in [0.15, 0.2) is 16.6 Å². The van der Waals surface area contributed by atoms with Crippen LogP contribution in [0.4, 0.5) is 0 Å². The van der Waals surface area contributed by atoms with E-state index in [9.17, 15) is 4.79 Å². The lowest BCUT2D eigenvalue weighted by atomic mass is 9.85. The third-order valence-corrected chi connectivity index (χ3v) is 3.49. The molecule has 92 valence electrons. The van der Waals surface area contributed by atoms with Gasteiger partial charge in [0.15, 0.2) is 0 Å². The highest BCUT2D eigenvalue weighted by Crippen LogP contribution is 2.36. The Balaban J connectivity index is 2.37. The smallest absolute Gasteiger partial charge is 0.309 e. The van der Waals surface area contributed by atoms with Crippen LogP contribution in [0.2, 0.25) is 0 Å². The highest BCUT2D eigenvalue weighted by Gasteiger charge is 2.30. The summed E-state index contributed by atoms with van der Waals surface area (Å²) in [4.78, 5) is 11.2. The molecule has 0 aromatic heterocycles. The van der Waals surface area contributed by atoms with Crippen LogP contribution in [0.1, 0.15) is 25.0 Å². The van der Waals surface area contributed by atoms with E-state index in [0.717, 1.165) is 27.8 Å². The maximum absolute atomic E-state index is 11.2. The molecule has 1 aromatic carbocycles. The van der Waals surface area contributed by atoms with Gasteiger partial charge in [-0.25, -0.2) is 0 Å². The van der Waals surface area contributed by atoms with E-state index >= 15 is 0 Å². The Morgan fingerprint density at radius 3 is 2.88 bits per heavy atom. The van der Waals surface area contributed by atoms with Gasteiger partial charge >= 0.3 is 5.97 Å². The zero-order valence-electron chi connectivity index (χ0n) is 9.92. The lowest BCUT2D eigenvalue weighted by Gasteiger charge is -2.20.